The topological polar surface area (TPSA) is 68.2 Å². The minimum Gasteiger partial charge on any atom is -0.371 e. The predicted molar refractivity (Wildman–Crippen MR) is 94.9 cm³/mol. The molecule has 24 heavy (non-hydrogen) atoms. The van der Waals surface area contributed by atoms with Gasteiger partial charge in [-0.2, -0.15) is 5.26 Å². The normalized spacial score (nSPS) is 13.4. The zero-order valence-corrected chi connectivity index (χ0v) is 13.5. The van der Waals surface area contributed by atoms with Crippen LogP contribution in [0, 0.1) is 11.3 Å². The molecule has 1 aliphatic heterocycles. The summed E-state index contributed by atoms with van der Waals surface area (Å²) in [5.74, 6) is 0. The molecule has 1 saturated heterocycles. The molecule has 1 fully saturated rings. The van der Waals surface area contributed by atoms with Gasteiger partial charge in [0.15, 0.2) is 0 Å². The maximum absolute atomic E-state index is 12.1. The smallest absolute Gasteiger partial charge is 0.319 e. The molecule has 5 nitrogen and oxygen atoms in total. The van der Waals surface area contributed by atoms with Gasteiger partial charge in [0.25, 0.3) is 0 Å². The first-order valence-electron chi connectivity index (χ1n) is 8.14. The van der Waals surface area contributed by atoms with Gasteiger partial charge >= 0.3 is 6.03 Å². The number of benzene rings is 2. The number of urea groups is 1. The van der Waals surface area contributed by atoms with Gasteiger partial charge < -0.3 is 15.5 Å². The Morgan fingerprint density at radius 2 is 1.92 bits per heavy atom. The van der Waals surface area contributed by atoms with E-state index in [1.807, 2.05) is 18.2 Å². The average Bonchev–Trinajstić information content (AvgIpc) is 3.15. The van der Waals surface area contributed by atoms with Gasteiger partial charge in [-0.3, -0.25) is 0 Å². The van der Waals surface area contributed by atoms with E-state index in [9.17, 15) is 4.79 Å². The minimum atomic E-state index is -0.277. The van der Waals surface area contributed by atoms with Crippen LogP contribution in [0.2, 0.25) is 0 Å². The minimum absolute atomic E-state index is 0.277. The van der Waals surface area contributed by atoms with Crippen molar-refractivity contribution in [3.63, 3.8) is 0 Å². The maximum Gasteiger partial charge on any atom is 0.319 e. The first-order chi connectivity index (χ1) is 11.8. The molecule has 2 aromatic carbocycles. The zero-order valence-electron chi connectivity index (χ0n) is 13.5. The van der Waals surface area contributed by atoms with Crippen LogP contribution in [0.3, 0.4) is 0 Å². The molecule has 3 rings (SSSR count). The van der Waals surface area contributed by atoms with Crippen LogP contribution in [-0.2, 0) is 6.54 Å². The summed E-state index contributed by atoms with van der Waals surface area (Å²) in [6.07, 6.45) is 2.44. The molecule has 2 N–H and O–H groups in total. The Balaban J connectivity index is 1.61. The lowest BCUT2D eigenvalue weighted by molar-refractivity contribution is 0.252. The summed E-state index contributed by atoms with van der Waals surface area (Å²) in [4.78, 5) is 14.5. The Morgan fingerprint density at radius 1 is 1.12 bits per heavy atom. The summed E-state index contributed by atoms with van der Waals surface area (Å²) in [6.45, 7) is 2.62. The molecule has 0 bridgehead atoms. The van der Waals surface area contributed by atoms with Gasteiger partial charge in [-0.15, -0.1) is 0 Å². The summed E-state index contributed by atoms with van der Waals surface area (Å²) in [5, 5.41) is 14.5. The Kier molecular flexibility index (Phi) is 4.97. The number of carbonyl (C=O) groups is 1. The highest BCUT2D eigenvalue weighted by molar-refractivity contribution is 5.89. The van der Waals surface area contributed by atoms with Crippen LogP contribution in [0.1, 0.15) is 24.0 Å². The summed E-state index contributed by atoms with van der Waals surface area (Å²) >= 11 is 0. The lowest BCUT2D eigenvalue weighted by Gasteiger charge is -2.21. The molecule has 2 amide bonds. The second-order valence-corrected chi connectivity index (χ2v) is 5.82. The van der Waals surface area contributed by atoms with Crippen LogP contribution in [-0.4, -0.2) is 19.1 Å². The molecule has 0 aromatic heterocycles. The lowest BCUT2D eigenvalue weighted by Crippen LogP contribution is -2.29. The number of hydrogen-bond donors (Lipinski definition) is 2. The molecule has 0 atom stereocenters. The quantitative estimate of drug-likeness (QED) is 0.906. The fraction of sp³-hybridized carbons (Fsp3) is 0.263. The van der Waals surface area contributed by atoms with Crippen molar-refractivity contribution in [1.29, 1.82) is 5.26 Å². The van der Waals surface area contributed by atoms with Gasteiger partial charge in [-0.05, 0) is 42.7 Å². The van der Waals surface area contributed by atoms with Gasteiger partial charge in [0.2, 0.25) is 0 Å². The fourth-order valence-corrected chi connectivity index (χ4v) is 2.94. The van der Waals surface area contributed by atoms with E-state index in [4.69, 9.17) is 5.26 Å². The van der Waals surface area contributed by atoms with E-state index in [0.29, 0.717) is 17.8 Å². The van der Waals surface area contributed by atoms with E-state index < -0.39 is 0 Å². The number of para-hydroxylation sites is 1. The van der Waals surface area contributed by atoms with Crippen molar-refractivity contribution in [2.24, 2.45) is 0 Å². The van der Waals surface area contributed by atoms with Crippen molar-refractivity contribution >= 4 is 17.4 Å². The van der Waals surface area contributed by atoms with E-state index in [2.05, 4.69) is 27.7 Å². The van der Waals surface area contributed by atoms with Crippen LogP contribution < -0.4 is 15.5 Å². The van der Waals surface area contributed by atoms with Crippen LogP contribution >= 0.6 is 0 Å². The van der Waals surface area contributed by atoms with Crippen molar-refractivity contribution in [2.45, 2.75) is 19.4 Å². The first kappa shape index (κ1) is 15.9. The number of nitriles is 1. The molecule has 1 heterocycles. The van der Waals surface area contributed by atoms with Gasteiger partial charge in [0.1, 0.15) is 0 Å². The number of carbonyl (C=O) groups excluding carboxylic acids is 1. The maximum atomic E-state index is 12.1. The summed E-state index contributed by atoms with van der Waals surface area (Å²) < 4.78 is 0. The second-order valence-electron chi connectivity index (χ2n) is 5.82. The predicted octanol–water partition coefficient (Wildman–Crippen LogP) is 3.48. The van der Waals surface area contributed by atoms with Gasteiger partial charge in [-0.25, -0.2) is 4.79 Å². The molecule has 1 aliphatic rings. The van der Waals surface area contributed by atoms with Crippen LogP contribution in [0.5, 0.6) is 0 Å². The highest BCUT2D eigenvalue weighted by atomic mass is 16.2. The number of nitrogens with one attached hydrogen (secondary N) is 2. The monoisotopic (exact) mass is 320 g/mol. The standard InChI is InChI=1S/C19H20N4O/c20-13-15-6-5-8-17(12-15)22-19(24)21-14-16-7-1-2-9-18(16)23-10-3-4-11-23/h1-2,5-9,12H,3-4,10-11,14H2,(H2,21,22,24). The molecule has 5 heteroatoms. The first-order valence-corrected chi connectivity index (χ1v) is 8.14. The third kappa shape index (κ3) is 3.85. The van der Waals surface area contributed by atoms with Gasteiger partial charge in [0.05, 0.1) is 11.6 Å². The highest BCUT2D eigenvalue weighted by Gasteiger charge is 2.15. The molecule has 0 radical (unpaired) electrons. The van der Waals surface area contributed by atoms with Crippen molar-refractivity contribution in [3.05, 3.63) is 59.7 Å². The molecule has 0 spiro atoms. The molecule has 2 aromatic rings. The molecular formula is C19H20N4O. The van der Waals surface area contributed by atoms with Gasteiger partial charge in [0, 0.05) is 31.0 Å². The summed E-state index contributed by atoms with van der Waals surface area (Å²) in [6, 6.07) is 16.8. The highest BCUT2D eigenvalue weighted by Crippen LogP contribution is 2.24. The Bertz CT molecular complexity index is 760. The SMILES string of the molecule is N#Cc1cccc(NC(=O)NCc2ccccc2N2CCCC2)c1. The zero-order chi connectivity index (χ0) is 16.8. The van der Waals surface area contributed by atoms with Crippen LogP contribution in [0.4, 0.5) is 16.2 Å². The number of anilines is 2. The van der Waals surface area contributed by atoms with Crippen molar-refractivity contribution in [2.75, 3.05) is 23.3 Å². The lowest BCUT2D eigenvalue weighted by atomic mass is 10.1. The van der Waals surface area contributed by atoms with Gasteiger partial charge in [-0.1, -0.05) is 24.3 Å². The third-order valence-corrected chi connectivity index (χ3v) is 4.13. The molecule has 0 saturated carbocycles. The largest absolute Gasteiger partial charge is 0.371 e. The number of rotatable bonds is 4. The van der Waals surface area contributed by atoms with E-state index in [1.54, 1.807) is 24.3 Å². The third-order valence-electron chi connectivity index (χ3n) is 4.13. The Hall–Kier alpha value is -3.00. The van der Waals surface area contributed by atoms with E-state index >= 15 is 0 Å². The van der Waals surface area contributed by atoms with Crippen molar-refractivity contribution in [1.82, 2.24) is 5.32 Å². The average molecular weight is 320 g/mol. The fourth-order valence-electron chi connectivity index (χ4n) is 2.94. The van der Waals surface area contributed by atoms with Crippen molar-refractivity contribution in [3.8, 4) is 6.07 Å². The second kappa shape index (κ2) is 7.51. The van der Waals surface area contributed by atoms with E-state index in [1.165, 1.54) is 18.5 Å². The van der Waals surface area contributed by atoms with E-state index in [-0.39, 0.29) is 6.03 Å². The molecule has 0 unspecified atom stereocenters. The molecule has 0 aliphatic carbocycles. The molecular weight excluding hydrogens is 300 g/mol. The number of amides is 2. The Labute approximate surface area is 141 Å². The van der Waals surface area contributed by atoms with Crippen LogP contribution in [0.25, 0.3) is 0 Å². The number of hydrogen-bond acceptors (Lipinski definition) is 3. The Morgan fingerprint density at radius 3 is 2.71 bits per heavy atom. The number of nitrogens with zero attached hydrogens (tertiary/aromatic N) is 2. The van der Waals surface area contributed by atoms with Crippen molar-refractivity contribution < 1.29 is 4.79 Å². The molecule has 122 valence electrons. The summed E-state index contributed by atoms with van der Waals surface area (Å²) in [5.41, 5.74) is 3.44. The van der Waals surface area contributed by atoms with Crippen LogP contribution in [0.15, 0.2) is 48.5 Å². The summed E-state index contributed by atoms with van der Waals surface area (Å²) in [7, 11) is 0. The van der Waals surface area contributed by atoms with E-state index in [0.717, 1.165) is 18.7 Å².